The van der Waals surface area contributed by atoms with E-state index in [2.05, 4.69) is 0 Å². The van der Waals surface area contributed by atoms with Gasteiger partial charge in [0, 0.05) is 17.7 Å². The number of ether oxygens (including phenoxy) is 2. The van der Waals surface area contributed by atoms with Gasteiger partial charge in [-0.25, -0.2) is 9.18 Å². The SMILES string of the molecule is CCOC(=O)C=C1CCCOc2cc(F)ccc21. The minimum Gasteiger partial charge on any atom is -0.493 e. The molecule has 1 aliphatic rings. The van der Waals surface area contributed by atoms with Crippen molar-refractivity contribution in [1.82, 2.24) is 0 Å². The number of hydrogen-bond acceptors (Lipinski definition) is 3. The second kappa shape index (κ2) is 5.67. The first-order valence-corrected chi connectivity index (χ1v) is 6.00. The Balaban J connectivity index is 2.35. The zero-order chi connectivity index (χ0) is 13.0. The molecule has 0 aliphatic carbocycles. The van der Waals surface area contributed by atoms with Crippen LogP contribution in [0, 0.1) is 5.82 Å². The van der Waals surface area contributed by atoms with Crippen molar-refractivity contribution < 1.29 is 18.7 Å². The van der Waals surface area contributed by atoms with E-state index in [9.17, 15) is 9.18 Å². The molecule has 0 atom stereocenters. The highest BCUT2D eigenvalue weighted by atomic mass is 19.1. The largest absolute Gasteiger partial charge is 0.493 e. The van der Waals surface area contributed by atoms with Crippen molar-refractivity contribution in [3.8, 4) is 5.75 Å². The van der Waals surface area contributed by atoms with Gasteiger partial charge in [0.25, 0.3) is 0 Å². The monoisotopic (exact) mass is 250 g/mol. The number of esters is 1. The lowest BCUT2D eigenvalue weighted by atomic mass is 10.0. The van der Waals surface area contributed by atoms with E-state index in [4.69, 9.17) is 9.47 Å². The van der Waals surface area contributed by atoms with Crippen LogP contribution >= 0.6 is 0 Å². The highest BCUT2D eigenvalue weighted by Gasteiger charge is 2.15. The minimum absolute atomic E-state index is 0.342. The van der Waals surface area contributed by atoms with E-state index in [1.807, 2.05) is 0 Å². The number of fused-ring (bicyclic) bond motifs is 1. The van der Waals surface area contributed by atoms with Crippen molar-refractivity contribution in [1.29, 1.82) is 0 Å². The first-order chi connectivity index (χ1) is 8.70. The molecule has 0 saturated carbocycles. The van der Waals surface area contributed by atoms with Gasteiger partial charge >= 0.3 is 5.97 Å². The summed E-state index contributed by atoms with van der Waals surface area (Å²) in [4.78, 5) is 11.5. The molecule has 0 aromatic heterocycles. The van der Waals surface area contributed by atoms with Crippen LogP contribution in [-0.2, 0) is 9.53 Å². The lowest BCUT2D eigenvalue weighted by Crippen LogP contribution is -2.01. The smallest absolute Gasteiger partial charge is 0.331 e. The molecular formula is C14H15FO3. The highest BCUT2D eigenvalue weighted by molar-refractivity contribution is 5.92. The van der Waals surface area contributed by atoms with E-state index in [0.29, 0.717) is 19.0 Å². The Morgan fingerprint density at radius 1 is 1.56 bits per heavy atom. The molecule has 96 valence electrons. The van der Waals surface area contributed by atoms with Crippen molar-refractivity contribution in [2.45, 2.75) is 19.8 Å². The lowest BCUT2D eigenvalue weighted by Gasteiger charge is -2.08. The third-order valence-electron chi connectivity index (χ3n) is 2.72. The van der Waals surface area contributed by atoms with E-state index in [0.717, 1.165) is 24.0 Å². The van der Waals surface area contributed by atoms with E-state index in [-0.39, 0.29) is 11.8 Å². The standard InChI is InChI=1S/C14H15FO3/c1-2-17-14(16)8-10-4-3-7-18-13-9-11(15)5-6-12(10)13/h5-6,8-9H,2-4,7H2,1H3. The summed E-state index contributed by atoms with van der Waals surface area (Å²) < 4.78 is 23.5. The predicted octanol–water partition coefficient (Wildman–Crippen LogP) is 2.94. The van der Waals surface area contributed by atoms with Crippen molar-refractivity contribution in [3.05, 3.63) is 35.7 Å². The van der Waals surface area contributed by atoms with E-state index in [1.54, 1.807) is 13.0 Å². The van der Waals surface area contributed by atoms with Gasteiger partial charge in [0.05, 0.1) is 13.2 Å². The summed E-state index contributed by atoms with van der Waals surface area (Å²) in [6.45, 7) is 2.63. The molecule has 0 amide bonds. The number of carbonyl (C=O) groups excluding carboxylic acids is 1. The average molecular weight is 250 g/mol. The van der Waals surface area contributed by atoms with Gasteiger partial charge in [0.15, 0.2) is 0 Å². The zero-order valence-corrected chi connectivity index (χ0v) is 10.2. The van der Waals surface area contributed by atoms with Crippen molar-refractivity contribution in [2.75, 3.05) is 13.2 Å². The van der Waals surface area contributed by atoms with Gasteiger partial charge < -0.3 is 9.47 Å². The fourth-order valence-electron chi connectivity index (χ4n) is 1.94. The summed E-state index contributed by atoms with van der Waals surface area (Å²) in [6, 6.07) is 4.35. The second-order valence-electron chi connectivity index (χ2n) is 4.01. The molecule has 1 aromatic rings. The number of benzene rings is 1. The normalized spacial score (nSPS) is 16.7. The molecule has 0 N–H and O–H groups in total. The van der Waals surface area contributed by atoms with Gasteiger partial charge in [-0.1, -0.05) is 0 Å². The molecule has 1 aliphatic heterocycles. The van der Waals surface area contributed by atoms with Crippen molar-refractivity contribution in [2.24, 2.45) is 0 Å². The summed E-state index contributed by atoms with van der Waals surface area (Å²) in [7, 11) is 0. The summed E-state index contributed by atoms with van der Waals surface area (Å²) >= 11 is 0. The molecule has 0 radical (unpaired) electrons. The molecule has 4 heteroatoms. The maximum absolute atomic E-state index is 13.1. The Morgan fingerprint density at radius 3 is 3.17 bits per heavy atom. The van der Waals surface area contributed by atoms with Crippen LogP contribution in [0.15, 0.2) is 24.3 Å². The molecule has 3 nitrogen and oxygen atoms in total. The molecule has 2 rings (SSSR count). The summed E-state index contributed by atoms with van der Waals surface area (Å²) in [5, 5.41) is 0. The number of hydrogen-bond donors (Lipinski definition) is 0. The van der Waals surface area contributed by atoms with Gasteiger partial charge in [-0.2, -0.15) is 0 Å². The number of allylic oxidation sites excluding steroid dienone is 1. The van der Waals surface area contributed by atoms with Crippen LogP contribution in [0.4, 0.5) is 4.39 Å². The number of carbonyl (C=O) groups is 1. The van der Waals surface area contributed by atoms with Gasteiger partial charge in [-0.05, 0) is 37.5 Å². The maximum atomic E-state index is 13.1. The lowest BCUT2D eigenvalue weighted by molar-refractivity contribution is -0.137. The molecule has 1 heterocycles. The van der Waals surface area contributed by atoms with E-state index < -0.39 is 0 Å². The van der Waals surface area contributed by atoms with Crippen LogP contribution in [0.2, 0.25) is 0 Å². The molecule has 0 fully saturated rings. The Bertz CT molecular complexity index is 480. The predicted molar refractivity (Wildman–Crippen MR) is 65.7 cm³/mol. The fourth-order valence-corrected chi connectivity index (χ4v) is 1.94. The fraction of sp³-hybridized carbons (Fsp3) is 0.357. The van der Waals surface area contributed by atoms with Crippen LogP contribution in [-0.4, -0.2) is 19.2 Å². The second-order valence-corrected chi connectivity index (χ2v) is 4.01. The van der Waals surface area contributed by atoms with E-state index >= 15 is 0 Å². The molecule has 0 bridgehead atoms. The third-order valence-corrected chi connectivity index (χ3v) is 2.72. The van der Waals surface area contributed by atoms with Gasteiger partial charge in [0.1, 0.15) is 11.6 Å². The number of rotatable bonds is 2. The Labute approximate surface area is 105 Å². The zero-order valence-electron chi connectivity index (χ0n) is 10.2. The third kappa shape index (κ3) is 2.88. The highest BCUT2D eigenvalue weighted by Crippen LogP contribution is 2.32. The minimum atomic E-state index is -0.371. The van der Waals surface area contributed by atoms with E-state index in [1.165, 1.54) is 18.2 Å². The summed E-state index contributed by atoms with van der Waals surface area (Å²) in [5.74, 6) is -0.223. The first-order valence-electron chi connectivity index (χ1n) is 6.00. The van der Waals surface area contributed by atoms with Crippen molar-refractivity contribution >= 4 is 11.5 Å². The molecule has 1 aromatic carbocycles. The average Bonchev–Trinajstić information content (AvgIpc) is 2.52. The van der Waals surface area contributed by atoms with Gasteiger partial charge in [0.2, 0.25) is 0 Å². The van der Waals surface area contributed by atoms with Gasteiger partial charge in [-0.15, -0.1) is 0 Å². The number of halogens is 1. The van der Waals surface area contributed by atoms with Crippen LogP contribution in [0.1, 0.15) is 25.3 Å². The summed E-state index contributed by atoms with van der Waals surface area (Å²) in [6.07, 6.45) is 2.98. The summed E-state index contributed by atoms with van der Waals surface area (Å²) in [5.41, 5.74) is 1.60. The van der Waals surface area contributed by atoms with Crippen LogP contribution in [0.3, 0.4) is 0 Å². The molecular weight excluding hydrogens is 235 g/mol. The Morgan fingerprint density at radius 2 is 2.39 bits per heavy atom. The van der Waals surface area contributed by atoms with Crippen LogP contribution in [0.5, 0.6) is 5.75 Å². The first kappa shape index (κ1) is 12.6. The van der Waals surface area contributed by atoms with Crippen LogP contribution < -0.4 is 4.74 Å². The maximum Gasteiger partial charge on any atom is 0.331 e. The topological polar surface area (TPSA) is 35.5 Å². The quantitative estimate of drug-likeness (QED) is 0.598. The Kier molecular flexibility index (Phi) is 3.97. The van der Waals surface area contributed by atoms with Crippen LogP contribution in [0.25, 0.3) is 5.57 Å². The van der Waals surface area contributed by atoms with Gasteiger partial charge in [-0.3, -0.25) is 0 Å². The molecule has 0 unspecified atom stereocenters. The van der Waals surface area contributed by atoms with Crippen molar-refractivity contribution in [3.63, 3.8) is 0 Å². The molecule has 0 saturated heterocycles. The Hall–Kier alpha value is -1.84. The molecule has 18 heavy (non-hydrogen) atoms. The molecule has 0 spiro atoms.